The summed E-state index contributed by atoms with van der Waals surface area (Å²) in [6.07, 6.45) is 0. The van der Waals surface area contributed by atoms with E-state index in [1.165, 1.54) is 25.1 Å². The van der Waals surface area contributed by atoms with E-state index in [1.807, 2.05) is 0 Å². The third-order valence-corrected chi connectivity index (χ3v) is 5.91. The molecule has 0 unspecified atom stereocenters. The number of hydrogen-bond donors (Lipinski definition) is 3. The van der Waals surface area contributed by atoms with E-state index >= 15 is 0 Å². The first-order valence-corrected chi connectivity index (χ1v) is 10.7. The van der Waals surface area contributed by atoms with Crippen LogP contribution in [0.25, 0.3) is 0 Å². The predicted molar refractivity (Wildman–Crippen MR) is 109 cm³/mol. The van der Waals surface area contributed by atoms with Crippen LogP contribution in [0.3, 0.4) is 0 Å². The maximum absolute atomic E-state index is 13.5. The molecule has 0 aromatic heterocycles. The number of hydrogen-bond acceptors (Lipinski definition) is 5. The summed E-state index contributed by atoms with van der Waals surface area (Å²) in [6, 6.07) is 9.71. The van der Waals surface area contributed by atoms with Crippen LogP contribution in [-0.2, 0) is 14.8 Å². The number of rotatable bonds is 6. The molecule has 1 aliphatic rings. The molecule has 2 aromatic rings. The van der Waals surface area contributed by atoms with Crippen molar-refractivity contribution in [3.63, 3.8) is 0 Å². The molecule has 0 spiro atoms. The van der Waals surface area contributed by atoms with Gasteiger partial charge in [-0.15, -0.1) is 0 Å². The molecule has 30 heavy (non-hydrogen) atoms. The standard InChI is InChI=1S/C20H21FN4O4S/c1-12-7-8-14(11-16(12)21)20(27)23-10-9-22-19(26)13(2)24-18-15-5-3-4-6-17(15)30(28,29)25-18/h3-8,11,13H,9-10H2,1-2H3,(H,22,26)(H,23,27)(H,24,25)/t13-/m0/s1. The number of aliphatic imine (C=N–C) groups is 1. The fourth-order valence-corrected chi connectivity index (χ4v) is 4.07. The molecule has 3 rings (SSSR count). The molecule has 1 aliphatic heterocycles. The minimum Gasteiger partial charge on any atom is -0.352 e. The Balaban J connectivity index is 1.52. The highest BCUT2D eigenvalue weighted by Crippen LogP contribution is 2.22. The van der Waals surface area contributed by atoms with E-state index in [0.29, 0.717) is 11.1 Å². The molecule has 0 radical (unpaired) electrons. The molecule has 0 bridgehead atoms. The summed E-state index contributed by atoms with van der Waals surface area (Å²) in [6.45, 7) is 3.41. The molecule has 3 N–H and O–H groups in total. The molecule has 158 valence electrons. The molecule has 1 atom stereocenters. The molecule has 1 heterocycles. The van der Waals surface area contributed by atoms with Crippen molar-refractivity contribution in [1.82, 2.24) is 15.4 Å². The number of amides is 2. The Labute approximate surface area is 173 Å². The van der Waals surface area contributed by atoms with Crippen molar-refractivity contribution < 1.29 is 22.4 Å². The van der Waals surface area contributed by atoms with E-state index in [4.69, 9.17) is 0 Å². The molecule has 8 nitrogen and oxygen atoms in total. The third kappa shape index (κ3) is 4.65. The minimum atomic E-state index is -3.68. The van der Waals surface area contributed by atoms with Crippen LogP contribution in [0.15, 0.2) is 52.4 Å². The number of nitrogens with one attached hydrogen (secondary N) is 3. The molecule has 2 amide bonds. The van der Waals surface area contributed by atoms with Crippen molar-refractivity contribution in [3.05, 3.63) is 65.0 Å². The SMILES string of the molecule is Cc1ccc(C(=O)NCCNC(=O)[C@H](C)N=C2NS(=O)(=O)c3ccccc32)cc1F. The Morgan fingerprint density at radius 3 is 2.57 bits per heavy atom. The molecular weight excluding hydrogens is 411 g/mol. The van der Waals surface area contributed by atoms with Gasteiger partial charge in [0.2, 0.25) is 5.91 Å². The van der Waals surface area contributed by atoms with Gasteiger partial charge in [0.1, 0.15) is 17.7 Å². The highest BCUT2D eigenvalue weighted by atomic mass is 32.2. The summed E-state index contributed by atoms with van der Waals surface area (Å²) < 4.78 is 40.1. The minimum absolute atomic E-state index is 0.114. The van der Waals surface area contributed by atoms with Gasteiger partial charge < -0.3 is 10.6 Å². The second-order valence-corrected chi connectivity index (χ2v) is 8.42. The fourth-order valence-electron chi connectivity index (χ4n) is 2.83. The van der Waals surface area contributed by atoms with Gasteiger partial charge in [0.25, 0.3) is 15.9 Å². The van der Waals surface area contributed by atoms with Crippen LogP contribution in [0.2, 0.25) is 0 Å². The van der Waals surface area contributed by atoms with Gasteiger partial charge in [0, 0.05) is 24.2 Å². The summed E-state index contributed by atoms with van der Waals surface area (Å²) >= 11 is 0. The maximum Gasteiger partial charge on any atom is 0.263 e. The molecule has 0 saturated heterocycles. The zero-order chi connectivity index (χ0) is 21.9. The van der Waals surface area contributed by atoms with Crippen molar-refractivity contribution >= 4 is 27.7 Å². The lowest BCUT2D eigenvalue weighted by Gasteiger charge is -2.11. The number of nitrogens with zero attached hydrogens (tertiary/aromatic N) is 1. The number of carbonyl (C=O) groups is 2. The van der Waals surface area contributed by atoms with Gasteiger partial charge in [-0.1, -0.05) is 18.2 Å². The Hall–Kier alpha value is -3.27. The number of benzene rings is 2. The zero-order valence-electron chi connectivity index (χ0n) is 16.4. The Morgan fingerprint density at radius 2 is 1.83 bits per heavy atom. The summed E-state index contributed by atoms with van der Waals surface area (Å²) in [4.78, 5) is 28.6. The molecule has 0 saturated carbocycles. The van der Waals surface area contributed by atoms with E-state index in [9.17, 15) is 22.4 Å². The second-order valence-electron chi connectivity index (χ2n) is 6.77. The van der Waals surface area contributed by atoms with Crippen LogP contribution in [0.4, 0.5) is 4.39 Å². The van der Waals surface area contributed by atoms with Gasteiger partial charge in [-0.2, -0.15) is 0 Å². The number of aryl methyl sites for hydroxylation is 1. The average molecular weight is 432 g/mol. The molecular formula is C20H21FN4O4S. The number of halogens is 1. The van der Waals surface area contributed by atoms with Crippen LogP contribution < -0.4 is 15.4 Å². The van der Waals surface area contributed by atoms with Crippen LogP contribution in [-0.4, -0.2) is 45.2 Å². The van der Waals surface area contributed by atoms with Gasteiger partial charge in [-0.05, 0) is 43.7 Å². The van der Waals surface area contributed by atoms with Crippen LogP contribution in [0.1, 0.15) is 28.4 Å². The van der Waals surface area contributed by atoms with E-state index in [0.717, 1.165) is 6.07 Å². The summed E-state index contributed by atoms with van der Waals surface area (Å²) in [5.41, 5.74) is 1.05. The fraction of sp³-hybridized carbons (Fsp3) is 0.250. The first kappa shape index (κ1) is 21.4. The van der Waals surface area contributed by atoms with Crippen LogP contribution in [0, 0.1) is 12.7 Å². The largest absolute Gasteiger partial charge is 0.352 e. The van der Waals surface area contributed by atoms with E-state index < -0.39 is 33.7 Å². The first-order valence-electron chi connectivity index (χ1n) is 9.21. The normalized spacial score (nSPS) is 16.4. The number of sulfonamides is 1. The number of fused-ring (bicyclic) bond motifs is 1. The summed E-state index contributed by atoms with van der Waals surface area (Å²) in [5, 5.41) is 5.21. The van der Waals surface area contributed by atoms with Crippen molar-refractivity contribution in [3.8, 4) is 0 Å². The smallest absolute Gasteiger partial charge is 0.263 e. The Morgan fingerprint density at radius 1 is 1.13 bits per heavy atom. The topological polar surface area (TPSA) is 117 Å². The quantitative estimate of drug-likeness (QED) is 0.593. The van der Waals surface area contributed by atoms with Gasteiger partial charge in [0.15, 0.2) is 0 Å². The summed E-state index contributed by atoms with van der Waals surface area (Å²) in [7, 11) is -3.68. The van der Waals surface area contributed by atoms with Gasteiger partial charge in [-0.25, -0.2) is 12.8 Å². The highest BCUT2D eigenvalue weighted by molar-refractivity contribution is 7.90. The first-order chi connectivity index (χ1) is 14.2. The van der Waals surface area contributed by atoms with Gasteiger partial charge in [-0.3, -0.25) is 19.3 Å². The second kappa shape index (κ2) is 8.62. The van der Waals surface area contributed by atoms with E-state index in [1.54, 1.807) is 25.1 Å². The zero-order valence-corrected chi connectivity index (χ0v) is 17.2. The number of amidine groups is 1. The van der Waals surface area contributed by atoms with Crippen LogP contribution >= 0.6 is 0 Å². The molecule has 10 heteroatoms. The van der Waals surface area contributed by atoms with Crippen molar-refractivity contribution in [2.45, 2.75) is 24.8 Å². The van der Waals surface area contributed by atoms with Crippen molar-refractivity contribution in [2.24, 2.45) is 4.99 Å². The highest BCUT2D eigenvalue weighted by Gasteiger charge is 2.31. The lowest BCUT2D eigenvalue weighted by Crippen LogP contribution is -2.39. The lowest BCUT2D eigenvalue weighted by atomic mass is 10.1. The molecule has 0 aliphatic carbocycles. The van der Waals surface area contributed by atoms with Crippen LogP contribution in [0.5, 0.6) is 0 Å². The van der Waals surface area contributed by atoms with Crippen molar-refractivity contribution in [2.75, 3.05) is 13.1 Å². The average Bonchev–Trinajstić information content (AvgIpc) is 2.97. The lowest BCUT2D eigenvalue weighted by molar-refractivity contribution is -0.121. The predicted octanol–water partition coefficient (Wildman–Crippen LogP) is 1.11. The van der Waals surface area contributed by atoms with Gasteiger partial charge >= 0.3 is 0 Å². The van der Waals surface area contributed by atoms with Gasteiger partial charge in [0.05, 0.1) is 4.90 Å². The maximum atomic E-state index is 13.5. The summed E-state index contributed by atoms with van der Waals surface area (Å²) in [5.74, 6) is -1.23. The van der Waals surface area contributed by atoms with E-state index in [2.05, 4.69) is 20.3 Å². The van der Waals surface area contributed by atoms with E-state index in [-0.39, 0.29) is 29.4 Å². The number of carbonyl (C=O) groups excluding carboxylic acids is 2. The third-order valence-electron chi connectivity index (χ3n) is 4.51. The Kier molecular flexibility index (Phi) is 6.16. The van der Waals surface area contributed by atoms with Crippen molar-refractivity contribution in [1.29, 1.82) is 0 Å². The Bertz CT molecular complexity index is 1130. The monoisotopic (exact) mass is 432 g/mol. The molecule has 2 aromatic carbocycles. The molecule has 0 fully saturated rings.